The van der Waals surface area contributed by atoms with Gasteiger partial charge in [-0.2, -0.15) is 0 Å². The molecule has 2 aliphatic carbocycles. The van der Waals surface area contributed by atoms with E-state index >= 15 is 0 Å². The molecule has 2 aliphatic rings. The first-order valence-electron chi connectivity index (χ1n) is 7.78. The molecule has 0 saturated carbocycles. The van der Waals surface area contributed by atoms with Gasteiger partial charge in [0.05, 0.1) is 0 Å². The smallest absolute Gasteiger partial charge is 0.00704 e. The summed E-state index contributed by atoms with van der Waals surface area (Å²) in [7, 11) is 0. The van der Waals surface area contributed by atoms with Crippen LogP contribution in [0.5, 0.6) is 0 Å². The number of allylic oxidation sites excluding steroid dienone is 3. The lowest BCUT2D eigenvalue weighted by Crippen LogP contribution is -2.02. The van der Waals surface area contributed by atoms with Gasteiger partial charge in [0, 0.05) is 5.92 Å². The van der Waals surface area contributed by atoms with E-state index in [1.807, 2.05) is 0 Å². The van der Waals surface area contributed by atoms with Gasteiger partial charge >= 0.3 is 0 Å². The minimum atomic E-state index is 0.536. The van der Waals surface area contributed by atoms with E-state index in [1.165, 1.54) is 33.4 Å². The fraction of sp³-hybridized carbons (Fsp3) is 0.238. The van der Waals surface area contributed by atoms with Gasteiger partial charge in [-0.05, 0) is 60.1 Å². The Morgan fingerprint density at radius 3 is 2.76 bits per heavy atom. The molecule has 0 heterocycles. The third-order valence-electron chi connectivity index (χ3n) is 4.84. The van der Waals surface area contributed by atoms with Gasteiger partial charge in [0.1, 0.15) is 0 Å². The first-order chi connectivity index (χ1) is 10.2. The van der Waals surface area contributed by atoms with Crippen molar-refractivity contribution < 1.29 is 0 Å². The van der Waals surface area contributed by atoms with Crippen molar-refractivity contribution in [3.63, 3.8) is 0 Å². The first kappa shape index (κ1) is 12.6. The molecule has 104 valence electrons. The predicted molar refractivity (Wildman–Crippen MR) is 90.3 cm³/mol. The first-order valence-corrected chi connectivity index (χ1v) is 7.78. The zero-order chi connectivity index (χ0) is 14.4. The fourth-order valence-corrected chi connectivity index (χ4v) is 3.86. The molecule has 0 saturated heterocycles. The van der Waals surface area contributed by atoms with Crippen LogP contribution in [-0.4, -0.2) is 0 Å². The van der Waals surface area contributed by atoms with Crippen molar-refractivity contribution in [2.45, 2.75) is 32.6 Å². The van der Waals surface area contributed by atoms with E-state index in [2.05, 4.69) is 68.5 Å². The van der Waals surface area contributed by atoms with E-state index in [1.54, 1.807) is 5.56 Å². The van der Waals surface area contributed by atoms with Gasteiger partial charge in [0.25, 0.3) is 0 Å². The maximum Gasteiger partial charge on any atom is 0.00704 e. The van der Waals surface area contributed by atoms with Crippen molar-refractivity contribution in [2.75, 3.05) is 0 Å². The molecular formula is C21H20. The zero-order valence-electron chi connectivity index (χ0n) is 12.7. The van der Waals surface area contributed by atoms with Gasteiger partial charge < -0.3 is 0 Å². The highest BCUT2D eigenvalue weighted by Crippen LogP contribution is 2.39. The minimum Gasteiger partial charge on any atom is -0.0731 e. The fourth-order valence-electron chi connectivity index (χ4n) is 3.86. The van der Waals surface area contributed by atoms with Gasteiger partial charge in [-0.1, -0.05) is 60.2 Å². The molecule has 0 amide bonds. The maximum absolute atomic E-state index is 2.44. The number of fused-ring (bicyclic) bond motifs is 2. The normalized spacial score (nSPS) is 19.0. The van der Waals surface area contributed by atoms with Crippen molar-refractivity contribution in [3.8, 4) is 0 Å². The monoisotopic (exact) mass is 272 g/mol. The molecule has 0 radical (unpaired) electrons. The average Bonchev–Trinajstić information content (AvgIpc) is 3.01. The second-order valence-corrected chi connectivity index (χ2v) is 6.40. The van der Waals surface area contributed by atoms with Gasteiger partial charge in [0.15, 0.2) is 0 Å². The summed E-state index contributed by atoms with van der Waals surface area (Å²) in [5, 5.41) is 0. The number of hydrogen-bond acceptors (Lipinski definition) is 0. The molecule has 0 fully saturated rings. The lowest BCUT2D eigenvalue weighted by molar-refractivity contribution is 0.839. The van der Waals surface area contributed by atoms with Crippen LogP contribution < -0.4 is 0 Å². The highest BCUT2D eigenvalue weighted by Gasteiger charge is 2.23. The van der Waals surface area contributed by atoms with Gasteiger partial charge in [-0.25, -0.2) is 0 Å². The Hall–Kier alpha value is -2.08. The molecule has 0 nitrogen and oxygen atoms in total. The van der Waals surface area contributed by atoms with Gasteiger partial charge in [-0.15, -0.1) is 0 Å². The van der Waals surface area contributed by atoms with E-state index in [0.29, 0.717) is 5.92 Å². The van der Waals surface area contributed by atoms with E-state index in [4.69, 9.17) is 0 Å². The van der Waals surface area contributed by atoms with Crippen LogP contribution in [0.25, 0.3) is 11.6 Å². The standard InChI is InChI=1S/C21H20/c1-14-10-16-6-5-7-17(21(16)11-14)13-18-12-15(2)19-8-3-4-9-20(18)19/h3-10,12,18H,11,13H2,1-2H3. The third-order valence-corrected chi connectivity index (χ3v) is 4.84. The second-order valence-electron chi connectivity index (χ2n) is 6.40. The van der Waals surface area contributed by atoms with Crippen molar-refractivity contribution in [2.24, 2.45) is 0 Å². The summed E-state index contributed by atoms with van der Waals surface area (Å²) >= 11 is 0. The van der Waals surface area contributed by atoms with Gasteiger partial charge in [-0.3, -0.25) is 0 Å². The lowest BCUT2D eigenvalue weighted by Gasteiger charge is -2.14. The Kier molecular flexibility index (Phi) is 2.85. The zero-order valence-corrected chi connectivity index (χ0v) is 12.7. The van der Waals surface area contributed by atoms with Crippen molar-refractivity contribution >= 4 is 11.6 Å². The van der Waals surface area contributed by atoms with E-state index in [-0.39, 0.29) is 0 Å². The number of rotatable bonds is 2. The van der Waals surface area contributed by atoms with E-state index in [0.717, 1.165) is 12.8 Å². The molecule has 0 aliphatic heterocycles. The quantitative estimate of drug-likeness (QED) is 0.687. The van der Waals surface area contributed by atoms with Crippen LogP contribution in [0.3, 0.4) is 0 Å². The van der Waals surface area contributed by atoms with Crippen LogP contribution in [0.2, 0.25) is 0 Å². The molecule has 21 heavy (non-hydrogen) atoms. The van der Waals surface area contributed by atoms with Crippen molar-refractivity contribution in [3.05, 3.63) is 81.9 Å². The number of benzene rings is 2. The van der Waals surface area contributed by atoms with E-state index < -0.39 is 0 Å². The van der Waals surface area contributed by atoms with Gasteiger partial charge in [0.2, 0.25) is 0 Å². The Balaban J connectivity index is 1.69. The molecule has 2 aromatic rings. The molecule has 0 N–H and O–H groups in total. The molecule has 1 unspecified atom stereocenters. The largest absolute Gasteiger partial charge is 0.0731 e. The number of hydrogen-bond donors (Lipinski definition) is 0. The highest BCUT2D eigenvalue weighted by atomic mass is 14.3. The Morgan fingerprint density at radius 2 is 1.86 bits per heavy atom. The van der Waals surface area contributed by atoms with Crippen LogP contribution >= 0.6 is 0 Å². The topological polar surface area (TPSA) is 0 Å². The van der Waals surface area contributed by atoms with Crippen LogP contribution in [-0.2, 0) is 12.8 Å². The Labute approximate surface area is 126 Å². The molecule has 0 bridgehead atoms. The summed E-state index contributed by atoms with van der Waals surface area (Å²) in [6.45, 7) is 4.47. The SMILES string of the molecule is CC1=Cc2cccc(CC3C=C(C)c4ccccc43)c2C1. The minimum absolute atomic E-state index is 0.536. The summed E-state index contributed by atoms with van der Waals surface area (Å²) in [5.41, 5.74) is 10.3. The highest BCUT2D eigenvalue weighted by molar-refractivity contribution is 5.73. The van der Waals surface area contributed by atoms with E-state index in [9.17, 15) is 0 Å². The lowest BCUT2D eigenvalue weighted by atomic mass is 9.90. The van der Waals surface area contributed by atoms with Crippen LogP contribution in [0, 0.1) is 0 Å². The molecule has 0 aromatic heterocycles. The molecule has 4 rings (SSSR count). The van der Waals surface area contributed by atoms with Crippen LogP contribution in [0.4, 0.5) is 0 Å². The summed E-state index contributed by atoms with van der Waals surface area (Å²) in [6.07, 6.45) is 7.03. The van der Waals surface area contributed by atoms with Crippen LogP contribution in [0.15, 0.2) is 54.1 Å². The van der Waals surface area contributed by atoms with Crippen LogP contribution in [0.1, 0.15) is 47.6 Å². The molecular weight excluding hydrogens is 252 g/mol. The molecule has 0 heteroatoms. The second kappa shape index (κ2) is 4.73. The molecule has 1 atom stereocenters. The molecule has 2 aromatic carbocycles. The summed E-state index contributed by atoms with van der Waals surface area (Å²) in [5.74, 6) is 0.536. The average molecular weight is 272 g/mol. The summed E-state index contributed by atoms with van der Waals surface area (Å²) in [4.78, 5) is 0. The van der Waals surface area contributed by atoms with Crippen molar-refractivity contribution in [1.29, 1.82) is 0 Å². The maximum atomic E-state index is 2.44. The Morgan fingerprint density at radius 1 is 1.00 bits per heavy atom. The predicted octanol–water partition coefficient (Wildman–Crippen LogP) is 5.39. The molecule has 0 spiro atoms. The summed E-state index contributed by atoms with van der Waals surface area (Å²) in [6, 6.07) is 15.6. The summed E-state index contributed by atoms with van der Waals surface area (Å²) < 4.78 is 0. The Bertz CT molecular complexity index is 774. The van der Waals surface area contributed by atoms with Crippen molar-refractivity contribution in [1.82, 2.24) is 0 Å². The third kappa shape index (κ3) is 2.06.